The second kappa shape index (κ2) is 7.38. The highest BCUT2D eigenvalue weighted by atomic mass is 19.1. The average molecular weight is 291 g/mol. The third-order valence-electron chi connectivity index (χ3n) is 2.79. The van der Waals surface area contributed by atoms with Crippen LogP contribution in [0.5, 0.6) is 5.75 Å². The van der Waals surface area contributed by atoms with E-state index >= 15 is 0 Å². The minimum atomic E-state index is -0.741. The first kappa shape index (κ1) is 15.0. The fourth-order valence-corrected chi connectivity index (χ4v) is 1.75. The van der Waals surface area contributed by atoms with E-state index in [0.29, 0.717) is 19.6 Å². The molecule has 5 heteroatoms. The van der Waals surface area contributed by atoms with Gasteiger partial charge in [-0.1, -0.05) is 18.2 Å². The van der Waals surface area contributed by atoms with Gasteiger partial charge >= 0.3 is 0 Å². The molecule has 0 unspecified atom stereocenters. The molecule has 1 amide bonds. The van der Waals surface area contributed by atoms with Crippen LogP contribution in [-0.4, -0.2) is 19.1 Å². The molecule has 0 radical (unpaired) electrons. The monoisotopic (exact) mass is 291 g/mol. The first-order chi connectivity index (χ1) is 10.2. The highest BCUT2D eigenvalue weighted by molar-refractivity contribution is 5.94. The summed E-state index contributed by atoms with van der Waals surface area (Å²) in [5, 5.41) is 2.53. The summed E-state index contributed by atoms with van der Waals surface area (Å²) < 4.78 is 31.8. The molecular weight excluding hydrogens is 276 g/mol. The Morgan fingerprint density at radius 3 is 2.62 bits per heavy atom. The highest BCUT2D eigenvalue weighted by Crippen LogP contribution is 2.10. The predicted octanol–water partition coefficient (Wildman–Crippen LogP) is 3.16. The molecule has 0 aliphatic carbocycles. The third kappa shape index (κ3) is 4.56. The maximum atomic E-state index is 13.4. The fourth-order valence-electron chi connectivity index (χ4n) is 1.75. The second-order valence-electron chi connectivity index (χ2n) is 4.40. The Morgan fingerprint density at radius 1 is 1.10 bits per heavy atom. The van der Waals surface area contributed by atoms with E-state index in [9.17, 15) is 13.6 Å². The van der Waals surface area contributed by atoms with Gasteiger partial charge in [0.1, 0.15) is 17.4 Å². The molecule has 0 saturated carbocycles. The van der Waals surface area contributed by atoms with Gasteiger partial charge in [-0.05, 0) is 36.8 Å². The number of halogens is 2. The Balaban J connectivity index is 1.73. The molecule has 1 N–H and O–H groups in total. The van der Waals surface area contributed by atoms with Crippen LogP contribution >= 0.6 is 0 Å². The number of hydrogen-bond donors (Lipinski definition) is 1. The van der Waals surface area contributed by atoms with E-state index in [2.05, 4.69) is 5.32 Å². The average Bonchev–Trinajstić information content (AvgIpc) is 2.50. The Hall–Kier alpha value is -2.43. The number of hydrogen-bond acceptors (Lipinski definition) is 2. The largest absolute Gasteiger partial charge is 0.494 e. The molecule has 2 rings (SSSR count). The quantitative estimate of drug-likeness (QED) is 0.830. The zero-order chi connectivity index (χ0) is 15.1. The van der Waals surface area contributed by atoms with Crippen molar-refractivity contribution in [3.05, 3.63) is 65.7 Å². The summed E-state index contributed by atoms with van der Waals surface area (Å²) in [4.78, 5) is 11.7. The van der Waals surface area contributed by atoms with E-state index in [-0.39, 0.29) is 5.56 Å². The molecule has 2 aromatic rings. The van der Waals surface area contributed by atoms with Crippen molar-refractivity contribution in [1.82, 2.24) is 5.32 Å². The number of rotatable bonds is 6. The van der Waals surface area contributed by atoms with Crippen molar-refractivity contribution in [2.24, 2.45) is 0 Å². The number of carbonyl (C=O) groups excluding carboxylic acids is 1. The van der Waals surface area contributed by atoms with Crippen LogP contribution in [0.25, 0.3) is 0 Å². The van der Waals surface area contributed by atoms with Crippen LogP contribution in [0.4, 0.5) is 8.78 Å². The lowest BCUT2D eigenvalue weighted by atomic mass is 10.2. The molecule has 0 heterocycles. The lowest BCUT2D eigenvalue weighted by Crippen LogP contribution is -2.26. The van der Waals surface area contributed by atoms with Crippen LogP contribution in [0.1, 0.15) is 16.8 Å². The van der Waals surface area contributed by atoms with Gasteiger partial charge in [0, 0.05) is 6.54 Å². The van der Waals surface area contributed by atoms with Gasteiger partial charge in [0.25, 0.3) is 5.91 Å². The number of carbonyl (C=O) groups is 1. The van der Waals surface area contributed by atoms with Crippen LogP contribution in [0.3, 0.4) is 0 Å². The molecule has 0 spiro atoms. The maximum absolute atomic E-state index is 13.4. The molecule has 0 aliphatic heterocycles. The molecular formula is C16H15F2NO2. The predicted molar refractivity (Wildman–Crippen MR) is 75.2 cm³/mol. The molecule has 0 atom stereocenters. The Morgan fingerprint density at radius 2 is 1.86 bits per heavy atom. The fraction of sp³-hybridized carbons (Fsp3) is 0.188. The van der Waals surface area contributed by atoms with Gasteiger partial charge in [-0.25, -0.2) is 8.78 Å². The van der Waals surface area contributed by atoms with Gasteiger partial charge in [0.05, 0.1) is 12.2 Å². The van der Waals surface area contributed by atoms with Gasteiger partial charge < -0.3 is 10.1 Å². The third-order valence-corrected chi connectivity index (χ3v) is 2.79. The topological polar surface area (TPSA) is 38.3 Å². The van der Waals surface area contributed by atoms with Gasteiger partial charge in [0.15, 0.2) is 0 Å². The zero-order valence-corrected chi connectivity index (χ0v) is 11.3. The smallest absolute Gasteiger partial charge is 0.254 e. The van der Waals surface area contributed by atoms with Crippen molar-refractivity contribution in [3.63, 3.8) is 0 Å². The van der Waals surface area contributed by atoms with E-state index in [1.165, 1.54) is 0 Å². The van der Waals surface area contributed by atoms with E-state index in [4.69, 9.17) is 4.74 Å². The van der Waals surface area contributed by atoms with Crippen LogP contribution in [-0.2, 0) is 0 Å². The first-order valence-corrected chi connectivity index (χ1v) is 6.58. The minimum absolute atomic E-state index is 0.293. The minimum Gasteiger partial charge on any atom is -0.494 e. The summed E-state index contributed by atoms with van der Waals surface area (Å²) >= 11 is 0. The molecule has 0 aromatic heterocycles. The summed E-state index contributed by atoms with van der Waals surface area (Å²) in [5.74, 6) is -1.27. The lowest BCUT2D eigenvalue weighted by molar-refractivity contribution is 0.0947. The van der Waals surface area contributed by atoms with Gasteiger partial charge in [-0.15, -0.1) is 0 Å². The summed E-state index contributed by atoms with van der Waals surface area (Å²) in [6, 6.07) is 12.1. The lowest BCUT2D eigenvalue weighted by Gasteiger charge is -2.08. The molecule has 21 heavy (non-hydrogen) atoms. The standard InChI is InChI=1S/C16H15F2NO2/c17-12-7-8-15(18)14(11-12)16(20)19-9-4-10-21-13-5-2-1-3-6-13/h1-3,5-8,11H,4,9-10H2,(H,19,20). The summed E-state index contributed by atoms with van der Waals surface area (Å²) in [6.45, 7) is 0.748. The van der Waals surface area contributed by atoms with Crippen LogP contribution < -0.4 is 10.1 Å². The van der Waals surface area contributed by atoms with Crippen LogP contribution in [0.15, 0.2) is 48.5 Å². The van der Waals surface area contributed by atoms with Crippen molar-refractivity contribution in [1.29, 1.82) is 0 Å². The van der Waals surface area contributed by atoms with Gasteiger partial charge in [-0.3, -0.25) is 4.79 Å². The maximum Gasteiger partial charge on any atom is 0.254 e. The Labute approximate surface area is 121 Å². The van der Waals surface area contributed by atoms with E-state index in [0.717, 1.165) is 23.9 Å². The first-order valence-electron chi connectivity index (χ1n) is 6.58. The van der Waals surface area contributed by atoms with Crippen molar-refractivity contribution >= 4 is 5.91 Å². The van der Waals surface area contributed by atoms with Gasteiger partial charge in [0.2, 0.25) is 0 Å². The Bertz CT molecular complexity index is 602. The zero-order valence-electron chi connectivity index (χ0n) is 11.3. The van der Waals surface area contributed by atoms with E-state index in [1.54, 1.807) is 0 Å². The SMILES string of the molecule is O=C(NCCCOc1ccccc1)c1cc(F)ccc1F. The molecule has 0 fully saturated rings. The molecule has 3 nitrogen and oxygen atoms in total. The number of nitrogens with one attached hydrogen (secondary N) is 1. The second-order valence-corrected chi connectivity index (χ2v) is 4.40. The van der Waals surface area contributed by atoms with E-state index < -0.39 is 17.5 Å². The van der Waals surface area contributed by atoms with Crippen molar-refractivity contribution in [2.45, 2.75) is 6.42 Å². The molecule has 0 bridgehead atoms. The Kier molecular flexibility index (Phi) is 5.26. The molecule has 110 valence electrons. The molecule has 0 saturated heterocycles. The number of ether oxygens (including phenoxy) is 1. The number of amides is 1. The van der Waals surface area contributed by atoms with Crippen molar-refractivity contribution < 1.29 is 18.3 Å². The summed E-state index contributed by atoms with van der Waals surface area (Å²) in [7, 11) is 0. The highest BCUT2D eigenvalue weighted by Gasteiger charge is 2.11. The normalized spacial score (nSPS) is 10.2. The van der Waals surface area contributed by atoms with Crippen molar-refractivity contribution in [3.8, 4) is 5.75 Å². The number of para-hydroxylation sites is 1. The van der Waals surface area contributed by atoms with Crippen LogP contribution in [0, 0.1) is 11.6 Å². The molecule has 2 aromatic carbocycles. The van der Waals surface area contributed by atoms with Gasteiger partial charge in [-0.2, -0.15) is 0 Å². The van der Waals surface area contributed by atoms with E-state index in [1.807, 2.05) is 30.3 Å². The number of benzene rings is 2. The summed E-state index contributed by atoms with van der Waals surface area (Å²) in [6.07, 6.45) is 0.567. The van der Waals surface area contributed by atoms with Crippen LogP contribution in [0.2, 0.25) is 0 Å². The summed E-state index contributed by atoms with van der Waals surface area (Å²) in [5.41, 5.74) is -0.293. The van der Waals surface area contributed by atoms with Crippen molar-refractivity contribution in [2.75, 3.05) is 13.2 Å². The molecule has 0 aliphatic rings.